The van der Waals surface area contributed by atoms with Crippen LogP contribution in [0.15, 0.2) is 24.3 Å². The number of methoxy groups -OCH3 is 2. The third kappa shape index (κ3) is 4.24. The van der Waals surface area contributed by atoms with Crippen LogP contribution >= 0.6 is 0 Å². The van der Waals surface area contributed by atoms with Gasteiger partial charge in [0.2, 0.25) is 5.91 Å². The number of nitrogens with zero attached hydrogens (tertiary/aromatic N) is 1. The molecular weight excluding hydrogens is 282 g/mol. The molecule has 2 atom stereocenters. The fourth-order valence-corrected chi connectivity index (χ4v) is 2.56. The summed E-state index contributed by atoms with van der Waals surface area (Å²) in [6, 6.07) is 5.51. The van der Waals surface area contributed by atoms with Crippen LogP contribution in [0.4, 0.5) is 0 Å². The molecule has 1 aliphatic rings. The largest absolute Gasteiger partial charge is 0.497 e. The van der Waals surface area contributed by atoms with Crippen molar-refractivity contribution in [1.29, 1.82) is 0 Å². The molecule has 0 radical (unpaired) electrons. The van der Waals surface area contributed by atoms with E-state index in [1.54, 1.807) is 32.4 Å². The molecule has 1 aliphatic heterocycles. The summed E-state index contributed by atoms with van der Waals surface area (Å²) in [5.74, 6) is 1.38. The van der Waals surface area contributed by atoms with E-state index in [2.05, 4.69) is 0 Å². The highest BCUT2D eigenvalue weighted by atomic mass is 16.5. The van der Waals surface area contributed by atoms with Crippen LogP contribution in [-0.2, 0) is 9.53 Å². The molecule has 1 heterocycles. The van der Waals surface area contributed by atoms with Crippen LogP contribution in [0.5, 0.6) is 11.5 Å². The summed E-state index contributed by atoms with van der Waals surface area (Å²) in [6.45, 7) is 5.20. The number of carbonyl (C=O) groups excluding carboxylic acids is 1. The average molecular weight is 305 g/mol. The zero-order chi connectivity index (χ0) is 16.1. The normalized spacial score (nSPS) is 21.9. The van der Waals surface area contributed by atoms with E-state index in [9.17, 15) is 4.79 Å². The van der Waals surface area contributed by atoms with Gasteiger partial charge in [0.05, 0.1) is 26.4 Å². The Bertz CT molecular complexity index is 523. The van der Waals surface area contributed by atoms with E-state index in [0.29, 0.717) is 24.6 Å². The van der Waals surface area contributed by atoms with E-state index in [-0.39, 0.29) is 18.1 Å². The first kappa shape index (κ1) is 16.4. The van der Waals surface area contributed by atoms with Crippen LogP contribution in [0.3, 0.4) is 0 Å². The van der Waals surface area contributed by atoms with Crippen molar-refractivity contribution in [1.82, 2.24) is 4.90 Å². The Morgan fingerprint density at radius 1 is 1.14 bits per heavy atom. The van der Waals surface area contributed by atoms with Crippen LogP contribution in [-0.4, -0.2) is 50.3 Å². The molecule has 1 aromatic carbocycles. The van der Waals surface area contributed by atoms with Crippen molar-refractivity contribution in [2.75, 3.05) is 27.3 Å². The summed E-state index contributed by atoms with van der Waals surface area (Å²) in [5, 5.41) is 0. The van der Waals surface area contributed by atoms with Crippen molar-refractivity contribution in [2.45, 2.75) is 26.1 Å². The monoisotopic (exact) mass is 305 g/mol. The van der Waals surface area contributed by atoms with E-state index >= 15 is 0 Å². The standard InChI is InChI=1S/C17H23NO4/c1-12-10-18(11-13(2)22-12)17(19)6-5-14-7-15(20-3)9-16(8-14)21-4/h5-9,12-13H,10-11H2,1-4H3/b6-5+. The Hall–Kier alpha value is -2.01. The van der Waals surface area contributed by atoms with E-state index in [1.807, 2.05) is 30.9 Å². The maximum Gasteiger partial charge on any atom is 0.246 e. The number of hydrogen-bond donors (Lipinski definition) is 0. The van der Waals surface area contributed by atoms with Crippen molar-refractivity contribution in [3.8, 4) is 11.5 Å². The highest BCUT2D eigenvalue weighted by Gasteiger charge is 2.24. The van der Waals surface area contributed by atoms with Gasteiger partial charge in [-0.3, -0.25) is 4.79 Å². The molecule has 0 spiro atoms. The zero-order valence-corrected chi connectivity index (χ0v) is 13.5. The van der Waals surface area contributed by atoms with Crippen LogP contribution < -0.4 is 9.47 Å². The third-order valence-corrected chi connectivity index (χ3v) is 3.52. The minimum Gasteiger partial charge on any atom is -0.497 e. The average Bonchev–Trinajstić information content (AvgIpc) is 2.51. The molecule has 2 unspecified atom stereocenters. The Labute approximate surface area is 131 Å². The first-order valence-corrected chi connectivity index (χ1v) is 7.37. The van der Waals surface area contributed by atoms with Crippen LogP contribution in [0.25, 0.3) is 6.08 Å². The molecule has 120 valence electrons. The fourth-order valence-electron chi connectivity index (χ4n) is 2.56. The van der Waals surface area contributed by atoms with E-state index in [1.165, 1.54) is 0 Å². The van der Waals surface area contributed by atoms with E-state index < -0.39 is 0 Å². The lowest BCUT2D eigenvalue weighted by atomic mass is 10.1. The predicted octanol–water partition coefficient (Wildman–Crippen LogP) is 2.35. The molecule has 22 heavy (non-hydrogen) atoms. The first-order valence-electron chi connectivity index (χ1n) is 7.37. The molecule has 5 heteroatoms. The van der Waals surface area contributed by atoms with Crippen LogP contribution in [0.1, 0.15) is 19.4 Å². The maximum absolute atomic E-state index is 12.3. The number of amides is 1. The van der Waals surface area contributed by atoms with E-state index in [4.69, 9.17) is 14.2 Å². The molecule has 0 N–H and O–H groups in total. The van der Waals surface area contributed by atoms with Gasteiger partial charge in [0.1, 0.15) is 11.5 Å². The van der Waals surface area contributed by atoms with Crippen molar-refractivity contribution in [3.05, 3.63) is 29.8 Å². The minimum atomic E-state index is -0.0104. The van der Waals surface area contributed by atoms with E-state index in [0.717, 1.165) is 5.56 Å². The molecule has 2 rings (SSSR count). The second-order valence-corrected chi connectivity index (χ2v) is 5.48. The summed E-state index contributed by atoms with van der Waals surface area (Å²) in [6.07, 6.45) is 3.49. The Kier molecular flexibility index (Phi) is 5.44. The van der Waals surface area contributed by atoms with Crippen molar-refractivity contribution < 1.29 is 19.0 Å². The van der Waals surface area contributed by atoms with Crippen molar-refractivity contribution in [2.24, 2.45) is 0 Å². The van der Waals surface area contributed by atoms with Gasteiger partial charge < -0.3 is 19.1 Å². The Balaban J connectivity index is 2.09. The number of carbonyl (C=O) groups is 1. The zero-order valence-electron chi connectivity index (χ0n) is 13.5. The molecule has 5 nitrogen and oxygen atoms in total. The molecule has 1 fully saturated rings. The van der Waals surface area contributed by atoms with Gasteiger partial charge in [-0.2, -0.15) is 0 Å². The van der Waals surface area contributed by atoms with Crippen molar-refractivity contribution in [3.63, 3.8) is 0 Å². The Morgan fingerprint density at radius 3 is 2.18 bits per heavy atom. The van der Waals surface area contributed by atoms with Gasteiger partial charge in [-0.05, 0) is 37.6 Å². The van der Waals surface area contributed by atoms with Gasteiger partial charge >= 0.3 is 0 Å². The predicted molar refractivity (Wildman–Crippen MR) is 85.2 cm³/mol. The van der Waals surface area contributed by atoms with Gasteiger partial charge in [-0.1, -0.05) is 0 Å². The number of benzene rings is 1. The summed E-state index contributed by atoms with van der Waals surface area (Å²) >= 11 is 0. The fraction of sp³-hybridized carbons (Fsp3) is 0.471. The number of ether oxygens (including phenoxy) is 3. The highest BCUT2D eigenvalue weighted by molar-refractivity contribution is 5.92. The molecule has 0 aromatic heterocycles. The van der Waals surface area contributed by atoms with Gasteiger partial charge in [-0.25, -0.2) is 0 Å². The lowest BCUT2D eigenvalue weighted by Crippen LogP contribution is -2.47. The van der Waals surface area contributed by atoms with Gasteiger partial charge in [0.15, 0.2) is 0 Å². The molecular formula is C17H23NO4. The second-order valence-electron chi connectivity index (χ2n) is 5.48. The Morgan fingerprint density at radius 2 is 1.68 bits per heavy atom. The number of hydrogen-bond acceptors (Lipinski definition) is 4. The molecule has 0 saturated carbocycles. The minimum absolute atomic E-state index is 0.0104. The SMILES string of the molecule is COc1cc(/C=C/C(=O)N2CC(C)OC(C)C2)cc(OC)c1. The molecule has 0 bridgehead atoms. The number of rotatable bonds is 4. The highest BCUT2D eigenvalue weighted by Crippen LogP contribution is 2.23. The lowest BCUT2D eigenvalue weighted by Gasteiger charge is -2.34. The summed E-state index contributed by atoms with van der Waals surface area (Å²) in [5.41, 5.74) is 0.860. The van der Waals surface area contributed by atoms with Crippen molar-refractivity contribution >= 4 is 12.0 Å². The van der Waals surface area contributed by atoms with Gasteiger partial charge in [0, 0.05) is 25.2 Å². The van der Waals surface area contributed by atoms with Crippen LogP contribution in [0.2, 0.25) is 0 Å². The molecule has 0 aliphatic carbocycles. The summed E-state index contributed by atoms with van der Waals surface area (Å²) in [4.78, 5) is 14.1. The first-order chi connectivity index (χ1) is 10.5. The topological polar surface area (TPSA) is 48.0 Å². The quantitative estimate of drug-likeness (QED) is 0.801. The lowest BCUT2D eigenvalue weighted by molar-refractivity contribution is -0.137. The third-order valence-electron chi connectivity index (χ3n) is 3.52. The smallest absolute Gasteiger partial charge is 0.246 e. The maximum atomic E-state index is 12.3. The molecule has 1 saturated heterocycles. The number of morpholine rings is 1. The molecule has 1 aromatic rings. The summed E-state index contributed by atoms with van der Waals surface area (Å²) in [7, 11) is 3.20. The second kappa shape index (κ2) is 7.31. The van der Waals surface area contributed by atoms with Crippen LogP contribution in [0, 0.1) is 0 Å². The van der Waals surface area contributed by atoms with Gasteiger partial charge in [-0.15, -0.1) is 0 Å². The van der Waals surface area contributed by atoms with Gasteiger partial charge in [0.25, 0.3) is 0 Å². The summed E-state index contributed by atoms with van der Waals surface area (Å²) < 4.78 is 16.1. The molecule has 1 amide bonds.